The molecule has 0 saturated carbocycles. The maximum atomic E-state index is 11.7. The number of carbonyl (C=O) groups excluding carboxylic acids is 2. The van der Waals surface area contributed by atoms with E-state index < -0.39 is 12.0 Å². The lowest BCUT2D eigenvalue weighted by Gasteiger charge is -2.22. The van der Waals surface area contributed by atoms with Crippen molar-refractivity contribution < 1.29 is 19.5 Å². The molecule has 0 aliphatic carbocycles. The number of hydrogen-bond donors (Lipinski definition) is 2. The first-order valence-corrected chi connectivity index (χ1v) is 5.75. The number of hydrogen-bond acceptors (Lipinski definition) is 5. The first-order chi connectivity index (χ1) is 9.54. The monoisotopic (exact) mass is 275 g/mol. The zero-order valence-corrected chi connectivity index (χ0v) is 10.1. The maximum Gasteiger partial charge on any atom is 0.335 e. The van der Waals surface area contributed by atoms with Crippen LogP contribution in [0.15, 0.2) is 18.3 Å². The largest absolute Gasteiger partial charge is 0.478 e. The minimum absolute atomic E-state index is 0.0784. The number of carboxylic acid groups (broad SMARTS) is 1. The van der Waals surface area contributed by atoms with Crippen LogP contribution in [0.2, 0.25) is 0 Å². The molecule has 1 aliphatic heterocycles. The summed E-state index contributed by atoms with van der Waals surface area (Å²) in [6.45, 7) is 0.188. The molecule has 20 heavy (non-hydrogen) atoms. The van der Waals surface area contributed by atoms with Gasteiger partial charge in [-0.05, 0) is 12.1 Å². The molecule has 3 rings (SSSR count). The Labute approximate surface area is 111 Å². The number of carboxylic acids is 1. The number of aromatic nitrogens is 3. The van der Waals surface area contributed by atoms with Crippen molar-refractivity contribution in [2.24, 2.45) is 0 Å². The van der Waals surface area contributed by atoms with Gasteiger partial charge in [-0.3, -0.25) is 15.0 Å². The van der Waals surface area contributed by atoms with E-state index in [0.717, 1.165) is 0 Å². The normalized spacial score (nSPS) is 15.5. The molecule has 0 atom stereocenters. The number of nitrogens with zero attached hydrogens (tertiary/aromatic N) is 4. The summed E-state index contributed by atoms with van der Waals surface area (Å²) in [7, 11) is 0. The van der Waals surface area contributed by atoms with Crippen molar-refractivity contribution in [1.82, 2.24) is 19.9 Å². The number of anilines is 1. The highest BCUT2D eigenvalue weighted by molar-refractivity contribution is 6.04. The van der Waals surface area contributed by atoms with Gasteiger partial charge in [-0.25, -0.2) is 14.1 Å². The van der Waals surface area contributed by atoms with Gasteiger partial charge in [-0.1, -0.05) is 0 Å². The van der Waals surface area contributed by atoms with E-state index in [0.29, 0.717) is 5.65 Å². The fraction of sp³-hybridized carbons (Fsp3) is 0.182. The van der Waals surface area contributed by atoms with Crippen LogP contribution < -0.4 is 10.2 Å². The third-order valence-electron chi connectivity index (χ3n) is 2.87. The molecule has 2 aromatic rings. The SMILES string of the molecule is O=C1CCN(c2nc3cc(C(=O)O)ccn3n2)C(=O)N1. The molecule has 0 radical (unpaired) electrons. The van der Waals surface area contributed by atoms with E-state index in [2.05, 4.69) is 15.4 Å². The Morgan fingerprint density at radius 2 is 2.20 bits per heavy atom. The molecule has 2 N–H and O–H groups in total. The standard InChI is InChI=1S/C11H9N5O4/c17-8-2-3-15(11(20)13-8)10-12-7-5-6(9(18)19)1-4-16(7)14-10/h1,4-5H,2-3H2,(H,18,19)(H,13,17,20). The van der Waals surface area contributed by atoms with Crippen LogP contribution in [0.4, 0.5) is 10.7 Å². The summed E-state index contributed by atoms with van der Waals surface area (Å²) in [6, 6.07) is 2.15. The molecule has 1 aliphatic rings. The average molecular weight is 275 g/mol. The van der Waals surface area contributed by atoms with Crippen LogP contribution in [0.3, 0.4) is 0 Å². The third kappa shape index (κ3) is 1.94. The molecule has 9 heteroatoms. The number of fused-ring (bicyclic) bond motifs is 1. The van der Waals surface area contributed by atoms with Gasteiger partial charge in [0, 0.05) is 19.2 Å². The first-order valence-electron chi connectivity index (χ1n) is 5.75. The predicted octanol–water partition coefficient (Wildman–Crippen LogP) is -0.126. The zero-order chi connectivity index (χ0) is 14.3. The lowest BCUT2D eigenvalue weighted by Crippen LogP contribution is -2.50. The van der Waals surface area contributed by atoms with E-state index in [1.165, 1.54) is 27.7 Å². The van der Waals surface area contributed by atoms with Crippen LogP contribution >= 0.6 is 0 Å². The van der Waals surface area contributed by atoms with E-state index in [1.807, 2.05) is 0 Å². The second kappa shape index (κ2) is 4.30. The fourth-order valence-electron chi connectivity index (χ4n) is 1.87. The molecule has 0 unspecified atom stereocenters. The van der Waals surface area contributed by atoms with Crippen molar-refractivity contribution in [2.45, 2.75) is 6.42 Å². The molecular weight excluding hydrogens is 266 g/mol. The Hall–Kier alpha value is -2.97. The first kappa shape index (κ1) is 12.1. The number of nitrogens with one attached hydrogen (secondary N) is 1. The van der Waals surface area contributed by atoms with Crippen molar-refractivity contribution in [1.29, 1.82) is 0 Å². The number of carbonyl (C=O) groups is 3. The van der Waals surface area contributed by atoms with E-state index in [1.54, 1.807) is 0 Å². The molecule has 1 fully saturated rings. The van der Waals surface area contributed by atoms with Crippen LogP contribution in [-0.4, -0.2) is 44.2 Å². The van der Waals surface area contributed by atoms with Gasteiger partial charge in [-0.2, -0.15) is 4.98 Å². The smallest absolute Gasteiger partial charge is 0.335 e. The van der Waals surface area contributed by atoms with E-state index in [4.69, 9.17) is 5.11 Å². The minimum Gasteiger partial charge on any atom is -0.478 e. The molecule has 102 valence electrons. The van der Waals surface area contributed by atoms with E-state index in [-0.39, 0.29) is 30.4 Å². The molecule has 9 nitrogen and oxygen atoms in total. The second-order valence-corrected chi connectivity index (χ2v) is 4.19. The topological polar surface area (TPSA) is 117 Å². The number of amides is 3. The van der Waals surface area contributed by atoms with Gasteiger partial charge in [0.2, 0.25) is 5.91 Å². The van der Waals surface area contributed by atoms with Gasteiger partial charge in [0.25, 0.3) is 5.95 Å². The van der Waals surface area contributed by atoms with Gasteiger partial charge in [0.1, 0.15) is 0 Å². The summed E-state index contributed by atoms with van der Waals surface area (Å²) < 4.78 is 1.37. The van der Waals surface area contributed by atoms with Crippen LogP contribution in [0.25, 0.3) is 5.65 Å². The van der Waals surface area contributed by atoms with Gasteiger partial charge in [0.05, 0.1) is 5.56 Å². The number of rotatable bonds is 2. The zero-order valence-electron chi connectivity index (χ0n) is 10.1. The lowest BCUT2D eigenvalue weighted by atomic mass is 10.3. The molecule has 1 saturated heterocycles. The Balaban J connectivity index is 1.98. The van der Waals surface area contributed by atoms with E-state index >= 15 is 0 Å². The summed E-state index contributed by atoms with van der Waals surface area (Å²) in [5.41, 5.74) is 0.388. The number of urea groups is 1. The Bertz CT molecular complexity index is 737. The highest BCUT2D eigenvalue weighted by Crippen LogP contribution is 2.14. The Morgan fingerprint density at radius 1 is 1.40 bits per heavy atom. The average Bonchev–Trinajstić information content (AvgIpc) is 2.80. The van der Waals surface area contributed by atoms with Crippen molar-refractivity contribution in [3.05, 3.63) is 23.9 Å². The van der Waals surface area contributed by atoms with Crippen molar-refractivity contribution in [2.75, 3.05) is 11.4 Å². The molecule has 0 aromatic carbocycles. The van der Waals surface area contributed by atoms with Crippen LogP contribution in [-0.2, 0) is 4.79 Å². The Kier molecular flexibility index (Phi) is 2.60. The highest BCUT2D eigenvalue weighted by Gasteiger charge is 2.27. The van der Waals surface area contributed by atoms with Gasteiger partial charge in [0.15, 0.2) is 5.65 Å². The van der Waals surface area contributed by atoms with Crippen LogP contribution in [0.1, 0.15) is 16.8 Å². The summed E-state index contributed by atoms with van der Waals surface area (Å²) in [4.78, 5) is 38.9. The second-order valence-electron chi connectivity index (χ2n) is 4.19. The fourth-order valence-corrected chi connectivity index (χ4v) is 1.87. The molecule has 0 bridgehead atoms. The van der Waals surface area contributed by atoms with Crippen molar-refractivity contribution >= 4 is 29.5 Å². The maximum absolute atomic E-state index is 11.7. The number of imide groups is 1. The number of aromatic carboxylic acids is 1. The van der Waals surface area contributed by atoms with Crippen LogP contribution in [0.5, 0.6) is 0 Å². The lowest BCUT2D eigenvalue weighted by molar-refractivity contribution is -0.120. The third-order valence-corrected chi connectivity index (χ3v) is 2.87. The van der Waals surface area contributed by atoms with Crippen LogP contribution in [0, 0.1) is 0 Å². The summed E-state index contributed by atoms with van der Waals surface area (Å²) >= 11 is 0. The number of pyridine rings is 1. The highest BCUT2D eigenvalue weighted by atomic mass is 16.4. The van der Waals surface area contributed by atoms with Crippen molar-refractivity contribution in [3.8, 4) is 0 Å². The van der Waals surface area contributed by atoms with Gasteiger partial charge < -0.3 is 5.11 Å². The Morgan fingerprint density at radius 3 is 2.90 bits per heavy atom. The summed E-state index contributed by atoms with van der Waals surface area (Å²) in [5, 5.41) is 15.1. The summed E-state index contributed by atoms with van der Waals surface area (Å²) in [6.07, 6.45) is 1.62. The van der Waals surface area contributed by atoms with Crippen molar-refractivity contribution in [3.63, 3.8) is 0 Å². The molecule has 0 spiro atoms. The molecular formula is C11H9N5O4. The molecule has 3 amide bonds. The minimum atomic E-state index is -1.07. The molecule has 2 aromatic heterocycles. The van der Waals surface area contributed by atoms with E-state index in [9.17, 15) is 14.4 Å². The quantitative estimate of drug-likeness (QED) is 0.788. The molecule has 3 heterocycles. The predicted molar refractivity (Wildman–Crippen MR) is 65.4 cm³/mol. The van der Waals surface area contributed by atoms with Gasteiger partial charge >= 0.3 is 12.0 Å². The summed E-state index contributed by atoms with van der Waals surface area (Å²) in [5.74, 6) is -1.29. The van der Waals surface area contributed by atoms with Gasteiger partial charge in [-0.15, -0.1) is 5.10 Å².